The SMILES string of the molecule is Cc1cc(NC2CCCC2)ncc1-c1sc(C(=O)NCC(C)(C)O)nc1C(=O)N1C2CCC1CC2. The van der Waals surface area contributed by atoms with Gasteiger partial charge in [-0.05, 0) is 70.9 Å². The fourth-order valence-corrected chi connectivity index (χ4v) is 6.68. The maximum atomic E-state index is 13.7. The van der Waals surface area contributed by atoms with Crippen LogP contribution in [0.3, 0.4) is 0 Å². The van der Waals surface area contributed by atoms with Gasteiger partial charge in [0.15, 0.2) is 5.01 Å². The van der Waals surface area contributed by atoms with Crippen LogP contribution in [-0.4, -0.2) is 62.1 Å². The molecule has 35 heavy (non-hydrogen) atoms. The van der Waals surface area contributed by atoms with Gasteiger partial charge in [-0.1, -0.05) is 12.8 Å². The lowest BCUT2D eigenvalue weighted by atomic mass is 10.0. The number of carbonyl (C=O) groups excluding carboxylic acids is 2. The fraction of sp³-hybridized carbons (Fsp3) is 0.615. The molecule has 0 radical (unpaired) electrons. The second-order valence-corrected chi connectivity index (χ2v) is 11.9. The minimum absolute atomic E-state index is 0.0876. The standard InChI is InChI=1S/C26H35N5O3S/c1-15-12-20(29-16-6-4-5-7-16)27-13-19(15)22-21(25(33)31-17-8-9-18(31)11-10-17)30-24(35-22)23(32)28-14-26(2,3)34/h12-13,16-18,34H,4-11,14H2,1-3H3,(H,27,29)(H,28,32). The Labute approximate surface area is 210 Å². The van der Waals surface area contributed by atoms with Crippen LogP contribution in [-0.2, 0) is 0 Å². The molecule has 2 saturated heterocycles. The molecule has 1 saturated carbocycles. The summed E-state index contributed by atoms with van der Waals surface area (Å²) in [5.74, 6) is 0.374. The number of nitrogens with one attached hydrogen (secondary N) is 2. The van der Waals surface area contributed by atoms with Gasteiger partial charge in [-0.3, -0.25) is 9.59 Å². The average Bonchev–Trinajstić information content (AvgIpc) is 3.61. The smallest absolute Gasteiger partial charge is 0.280 e. The van der Waals surface area contributed by atoms with Crippen LogP contribution in [0.1, 0.15) is 91.1 Å². The molecule has 2 amide bonds. The van der Waals surface area contributed by atoms with Crippen LogP contribution < -0.4 is 10.6 Å². The van der Waals surface area contributed by atoms with Crippen LogP contribution in [0.2, 0.25) is 0 Å². The molecule has 0 aromatic carbocycles. The van der Waals surface area contributed by atoms with Gasteiger partial charge in [0.1, 0.15) is 11.5 Å². The molecule has 8 nitrogen and oxygen atoms in total. The molecule has 3 aliphatic rings. The van der Waals surface area contributed by atoms with Gasteiger partial charge in [0, 0.05) is 36.4 Å². The summed E-state index contributed by atoms with van der Waals surface area (Å²) in [7, 11) is 0. The number of hydrogen-bond donors (Lipinski definition) is 3. The first-order valence-electron chi connectivity index (χ1n) is 12.8. The number of carbonyl (C=O) groups is 2. The first-order valence-corrected chi connectivity index (χ1v) is 13.6. The van der Waals surface area contributed by atoms with Crippen LogP contribution in [0.5, 0.6) is 0 Å². The second-order valence-electron chi connectivity index (χ2n) is 10.9. The van der Waals surface area contributed by atoms with Crippen molar-refractivity contribution in [2.45, 2.75) is 95.9 Å². The van der Waals surface area contributed by atoms with Crippen LogP contribution >= 0.6 is 11.3 Å². The van der Waals surface area contributed by atoms with E-state index in [1.165, 1.54) is 24.2 Å². The number of aliphatic hydroxyl groups is 1. The highest BCUT2D eigenvalue weighted by Gasteiger charge is 2.44. The molecule has 0 atom stereocenters. The van der Waals surface area contributed by atoms with Gasteiger partial charge in [-0.15, -0.1) is 11.3 Å². The number of rotatable bonds is 7. The zero-order valence-corrected chi connectivity index (χ0v) is 21.6. The van der Waals surface area contributed by atoms with Gasteiger partial charge in [-0.25, -0.2) is 9.97 Å². The maximum absolute atomic E-state index is 13.7. The predicted molar refractivity (Wildman–Crippen MR) is 137 cm³/mol. The Hall–Kier alpha value is -2.52. The average molecular weight is 498 g/mol. The molecule has 4 heterocycles. The zero-order valence-electron chi connectivity index (χ0n) is 20.8. The highest BCUT2D eigenvalue weighted by atomic mass is 32.1. The summed E-state index contributed by atoms with van der Waals surface area (Å²) in [4.78, 5) is 38.5. The first-order chi connectivity index (χ1) is 16.7. The van der Waals surface area contributed by atoms with E-state index in [-0.39, 0.29) is 35.5 Å². The Morgan fingerprint density at radius 1 is 1.14 bits per heavy atom. The van der Waals surface area contributed by atoms with Gasteiger partial charge in [0.25, 0.3) is 11.8 Å². The number of fused-ring (bicyclic) bond motifs is 2. The molecular formula is C26H35N5O3S. The van der Waals surface area contributed by atoms with E-state index in [0.29, 0.717) is 16.6 Å². The summed E-state index contributed by atoms with van der Waals surface area (Å²) in [5, 5.41) is 16.5. The lowest BCUT2D eigenvalue weighted by Gasteiger charge is -2.21. The molecule has 0 unspecified atom stereocenters. The second kappa shape index (κ2) is 9.50. The maximum Gasteiger partial charge on any atom is 0.280 e. The molecule has 1 aliphatic carbocycles. The monoisotopic (exact) mass is 497 g/mol. The van der Waals surface area contributed by atoms with Crippen molar-refractivity contribution in [3.05, 3.63) is 28.5 Å². The summed E-state index contributed by atoms with van der Waals surface area (Å²) in [6.07, 6.45) is 10.8. The van der Waals surface area contributed by atoms with Gasteiger partial charge in [0.2, 0.25) is 0 Å². The molecule has 0 spiro atoms. The molecule has 2 bridgehead atoms. The summed E-state index contributed by atoms with van der Waals surface area (Å²) >= 11 is 1.22. The Morgan fingerprint density at radius 2 is 1.80 bits per heavy atom. The number of amides is 2. The van der Waals surface area contributed by atoms with Crippen molar-refractivity contribution in [2.75, 3.05) is 11.9 Å². The van der Waals surface area contributed by atoms with E-state index in [1.54, 1.807) is 20.0 Å². The van der Waals surface area contributed by atoms with E-state index in [2.05, 4.69) is 20.6 Å². The van der Waals surface area contributed by atoms with Crippen molar-refractivity contribution < 1.29 is 14.7 Å². The number of pyridine rings is 1. The molecule has 2 aromatic heterocycles. The van der Waals surface area contributed by atoms with Crippen LogP contribution in [0.4, 0.5) is 5.82 Å². The molecule has 3 fully saturated rings. The Kier molecular flexibility index (Phi) is 6.57. The molecule has 3 N–H and O–H groups in total. The van der Waals surface area contributed by atoms with Crippen molar-refractivity contribution in [1.82, 2.24) is 20.2 Å². The zero-order chi connectivity index (χ0) is 24.7. The lowest BCUT2D eigenvalue weighted by Crippen LogP contribution is -2.38. The highest BCUT2D eigenvalue weighted by Crippen LogP contribution is 2.41. The third kappa shape index (κ3) is 5.07. The highest BCUT2D eigenvalue weighted by molar-refractivity contribution is 7.17. The van der Waals surface area contributed by atoms with Crippen molar-refractivity contribution in [3.63, 3.8) is 0 Å². The van der Waals surface area contributed by atoms with Crippen LogP contribution in [0.15, 0.2) is 12.3 Å². The number of anilines is 1. The molecular weight excluding hydrogens is 462 g/mol. The third-order valence-corrected chi connectivity index (χ3v) is 8.54. The molecule has 2 aromatic rings. The topological polar surface area (TPSA) is 107 Å². The van der Waals surface area contributed by atoms with E-state index in [1.807, 2.05) is 17.9 Å². The predicted octanol–water partition coefficient (Wildman–Crippen LogP) is 4.14. The van der Waals surface area contributed by atoms with Gasteiger partial charge in [-0.2, -0.15) is 0 Å². The van der Waals surface area contributed by atoms with E-state index in [0.717, 1.165) is 55.5 Å². The molecule has 2 aliphatic heterocycles. The summed E-state index contributed by atoms with van der Waals surface area (Å²) in [5.41, 5.74) is 1.12. The lowest BCUT2D eigenvalue weighted by molar-refractivity contribution is 0.0692. The Morgan fingerprint density at radius 3 is 2.40 bits per heavy atom. The summed E-state index contributed by atoms with van der Waals surface area (Å²) < 4.78 is 0. The molecule has 5 rings (SSSR count). The van der Waals surface area contributed by atoms with Crippen molar-refractivity contribution in [3.8, 4) is 10.4 Å². The van der Waals surface area contributed by atoms with E-state index < -0.39 is 5.60 Å². The number of thiazole rings is 1. The van der Waals surface area contributed by atoms with Crippen molar-refractivity contribution >= 4 is 29.0 Å². The molecule has 188 valence electrons. The van der Waals surface area contributed by atoms with Crippen LogP contribution in [0, 0.1) is 6.92 Å². The van der Waals surface area contributed by atoms with E-state index in [9.17, 15) is 14.7 Å². The van der Waals surface area contributed by atoms with E-state index in [4.69, 9.17) is 0 Å². The number of hydrogen-bond acceptors (Lipinski definition) is 7. The van der Waals surface area contributed by atoms with E-state index >= 15 is 0 Å². The number of nitrogens with zero attached hydrogens (tertiary/aromatic N) is 3. The summed E-state index contributed by atoms with van der Waals surface area (Å²) in [6, 6.07) is 3.03. The quantitative estimate of drug-likeness (QED) is 0.531. The fourth-order valence-electron chi connectivity index (χ4n) is 5.64. The van der Waals surface area contributed by atoms with Gasteiger partial charge >= 0.3 is 0 Å². The van der Waals surface area contributed by atoms with Crippen molar-refractivity contribution in [2.24, 2.45) is 0 Å². The number of aryl methyl sites for hydroxylation is 1. The minimum atomic E-state index is -1.04. The minimum Gasteiger partial charge on any atom is -0.389 e. The largest absolute Gasteiger partial charge is 0.389 e. The number of aromatic nitrogens is 2. The van der Waals surface area contributed by atoms with Crippen molar-refractivity contribution in [1.29, 1.82) is 0 Å². The Bertz CT molecular complexity index is 1100. The normalized spacial score (nSPS) is 22.1. The molecule has 9 heteroatoms. The van der Waals surface area contributed by atoms with Gasteiger partial charge < -0.3 is 20.6 Å². The Balaban J connectivity index is 1.47. The van der Waals surface area contributed by atoms with Gasteiger partial charge in [0.05, 0.1) is 10.5 Å². The van der Waals surface area contributed by atoms with Crippen LogP contribution in [0.25, 0.3) is 10.4 Å². The first kappa shape index (κ1) is 24.2. The third-order valence-electron chi connectivity index (χ3n) is 7.46. The summed E-state index contributed by atoms with van der Waals surface area (Å²) in [6.45, 7) is 5.38.